The maximum absolute atomic E-state index is 11.3. The van der Waals surface area contributed by atoms with E-state index in [0.29, 0.717) is 68.2 Å². The lowest BCUT2D eigenvalue weighted by Gasteiger charge is -2.41. The van der Waals surface area contributed by atoms with Crippen LogP contribution in [0.25, 0.3) is 0 Å². The van der Waals surface area contributed by atoms with Crippen molar-refractivity contribution in [2.24, 2.45) is 0 Å². The molecule has 8 aromatic carbocycles. The molecule has 0 N–H and O–H groups in total. The monoisotopic (exact) mass is 1870 g/mol. The Labute approximate surface area is 773 Å². The molecule has 0 saturated carbocycles. The third kappa shape index (κ3) is 43.4. The van der Waals surface area contributed by atoms with Crippen LogP contribution >= 0.6 is 0 Å². The van der Waals surface area contributed by atoms with Crippen LogP contribution in [-0.4, -0.2) is 272 Å². The van der Waals surface area contributed by atoms with E-state index < -0.39 is 46.8 Å². The standard InChI is InChI=1S/C96H122O37/c1-91(119-57-51-107-49-55-117-85-23-15-77(61-99)16-24-85,63-109-45-43-105-47-53-115-83-19-11-75(59-97)12-20-83)65-111-67-93(3,68-112-66-92(2,120-58-52-108-50-56-118-86-25-17-78(62-100)18-26-86)64-110-46-44-106-48-54-116-84-21-13-76(60-98)14-22-84)127-94(4,69-113-71-95(5,128-132-125-89-39-31-81(103-9)32-40-89)73-121-130-123-87-35-27-79(101-7)28-36-87)70-114-72-96(6,129-133-126-90-41-33-82(104-10)34-42-90)74-122-131-124-88-37-29-80(102-8)30-38-88/h11-42,59-62H,43-58,63-74H2,1-10H3. The number of methoxy groups -OCH3 is 4. The predicted molar refractivity (Wildman–Crippen MR) is 474 cm³/mol. The van der Waals surface area contributed by atoms with Crippen LogP contribution in [0.15, 0.2) is 194 Å². The highest BCUT2D eigenvalue weighted by Crippen LogP contribution is 2.31. The molecule has 8 rings (SSSR count). The summed E-state index contributed by atoms with van der Waals surface area (Å²) >= 11 is 0. The fraction of sp³-hybridized carbons (Fsp3) is 0.458. The molecule has 0 amide bonds. The highest BCUT2D eigenvalue weighted by atomic mass is 17.5. The minimum absolute atomic E-state index is 0.0152. The molecule has 0 aliphatic rings. The number of carbonyl (C=O) groups excluding carboxylic acids is 4. The van der Waals surface area contributed by atoms with Crippen molar-refractivity contribution in [2.45, 2.75) is 75.1 Å². The van der Waals surface area contributed by atoms with Gasteiger partial charge < -0.3 is 119 Å². The molecular formula is C96H122O37. The van der Waals surface area contributed by atoms with Gasteiger partial charge in [-0.25, -0.2) is 0 Å². The Morgan fingerprint density at radius 2 is 0.406 bits per heavy atom. The Balaban J connectivity index is 1.08. The molecule has 0 saturated heterocycles. The van der Waals surface area contributed by atoms with E-state index in [4.69, 9.17) is 159 Å². The number of hydrogen-bond acceptors (Lipinski definition) is 37. The Morgan fingerprint density at radius 3 is 0.662 bits per heavy atom. The Hall–Kier alpha value is -10.8. The summed E-state index contributed by atoms with van der Waals surface area (Å²) in [6, 6.07) is 53.0. The molecule has 0 heterocycles. The molecule has 0 aliphatic heterocycles. The molecule has 133 heavy (non-hydrogen) atoms. The van der Waals surface area contributed by atoms with Gasteiger partial charge in [0, 0.05) is 22.3 Å². The van der Waals surface area contributed by atoms with Crippen LogP contribution in [0.2, 0.25) is 0 Å². The third-order valence-electron chi connectivity index (χ3n) is 18.8. The molecule has 37 nitrogen and oxygen atoms in total. The van der Waals surface area contributed by atoms with Gasteiger partial charge in [-0.15, -0.1) is 0 Å². The van der Waals surface area contributed by atoms with Gasteiger partial charge in [-0.3, -0.25) is 19.2 Å². The first-order chi connectivity index (χ1) is 64.6. The van der Waals surface area contributed by atoms with E-state index in [0.717, 1.165) is 25.1 Å². The van der Waals surface area contributed by atoms with Crippen molar-refractivity contribution in [1.82, 2.24) is 0 Å². The van der Waals surface area contributed by atoms with Crippen molar-refractivity contribution in [1.29, 1.82) is 0 Å². The van der Waals surface area contributed by atoms with Gasteiger partial charge in [-0.05, 0) is 256 Å². The van der Waals surface area contributed by atoms with E-state index in [1.807, 2.05) is 13.8 Å². The zero-order chi connectivity index (χ0) is 94.8. The highest BCUT2D eigenvalue weighted by Gasteiger charge is 2.42. The van der Waals surface area contributed by atoms with E-state index >= 15 is 0 Å². The molecule has 37 heteroatoms. The van der Waals surface area contributed by atoms with Gasteiger partial charge in [0.15, 0.2) is 34.2 Å². The Bertz CT molecular complexity index is 4170. The van der Waals surface area contributed by atoms with E-state index in [-0.39, 0.29) is 195 Å². The number of carbonyl (C=O) groups is 4. The molecule has 0 fully saturated rings. The minimum atomic E-state index is -1.61. The van der Waals surface area contributed by atoms with E-state index in [1.165, 1.54) is 28.4 Å². The lowest BCUT2D eigenvalue weighted by molar-refractivity contribution is -0.530. The summed E-state index contributed by atoms with van der Waals surface area (Å²) in [5.74, 6) is 5.57. The van der Waals surface area contributed by atoms with Gasteiger partial charge in [0.1, 0.15) is 133 Å². The van der Waals surface area contributed by atoms with Crippen molar-refractivity contribution >= 4 is 25.1 Å². The van der Waals surface area contributed by atoms with Crippen molar-refractivity contribution in [3.63, 3.8) is 0 Å². The van der Waals surface area contributed by atoms with Crippen LogP contribution < -0.4 is 57.4 Å². The molecular weight excluding hydrogens is 1750 g/mol. The van der Waals surface area contributed by atoms with Gasteiger partial charge in [0.25, 0.3) is 0 Å². The molecule has 0 aromatic heterocycles. The first-order valence-electron chi connectivity index (χ1n) is 42.6. The molecule has 728 valence electrons. The normalized spacial score (nSPS) is 14.1. The van der Waals surface area contributed by atoms with Crippen LogP contribution in [0, 0.1) is 0 Å². The molecule has 0 spiro atoms. The van der Waals surface area contributed by atoms with E-state index in [1.54, 1.807) is 222 Å². The summed E-state index contributed by atoms with van der Waals surface area (Å²) < 4.78 is 129. The van der Waals surface area contributed by atoms with Crippen molar-refractivity contribution in [2.75, 3.05) is 213 Å². The SMILES string of the molecule is COc1ccc(OOOCC(C)(COCC(C)(COCC(C)(COOOc2ccc(OC)cc2)OOOc2ccc(OC)cc2)OC(C)(COCC(C)(COCCOCCOc2ccc(C=O)cc2)OCCOCCOc2ccc(C=O)cc2)COCC(C)(COCCOCCOc2ccc(C=O)cc2)OCCOCCOc2ccc(C=O)cc2)OOOc2ccc(OC)cc2)cc1. The average molecular weight is 1870 g/mol. The lowest BCUT2D eigenvalue weighted by atomic mass is 10.0. The second-order valence-corrected chi connectivity index (χ2v) is 31.2. The second kappa shape index (κ2) is 60.4. The number of hydrogen-bond donors (Lipinski definition) is 0. The molecule has 0 aliphatic carbocycles. The topological polar surface area (TPSA) is 373 Å². The zero-order valence-corrected chi connectivity index (χ0v) is 76.7. The molecule has 4 unspecified atom stereocenters. The quantitative estimate of drug-likeness (QED) is 0.0148. The lowest BCUT2D eigenvalue weighted by Crippen LogP contribution is -2.54. The summed E-state index contributed by atoms with van der Waals surface area (Å²) in [5.41, 5.74) is -6.68. The summed E-state index contributed by atoms with van der Waals surface area (Å²) in [4.78, 5) is 90.4. The van der Waals surface area contributed by atoms with Crippen LogP contribution in [0.1, 0.15) is 83.0 Å². The molecule has 0 radical (unpaired) electrons. The fourth-order valence-corrected chi connectivity index (χ4v) is 11.7. The third-order valence-corrected chi connectivity index (χ3v) is 18.8. The Kier molecular flexibility index (Phi) is 48.9. The summed E-state index contributed by atoms with van der Waals surface area (Å²) in [5, 5.41) is 21.4. The van der Waals surface area contributed by atoms with E-state index in [9.17, 15) is 19.2 Å². The van der Waals surface area contributed by atoms with Crippen molar-refractivity contribution in [3.05, 3.63) is 216 Å². The highest BCUT2D eigenvalue weighted by molar-refractivity contribution is 5.76. The van der Waals surface area contributed by atoms with Crippen LogP contribution in [0.3, 0.4) is 0 Å². The van der Waals surface area contributed by atoms with Crippen LogP contribution in [0.4, 0.5) is 0 Å². The first-order valence-corrected chi connectivity index (χ1v) is 42.6. The zero-order valence-electron chi connectivity index (χ0n) is 76.7. The molecule has 4 atom stereocenters. The van der Waals surface area contributed by atoms with Gasteiger partial charge in [0.2, 0.25) is 0 Å². The number of aldehydes is 4. The fourth-order valence-electron chi connectivity index (χ4n) is 11.7. The maximum atomic E-state index is 11.3. The van der Waals surface area contributed by atoms with Gasteiger partial charge in [-0.2, -0.15) is 19.6 Å². The van der Waals surface area contributed by atoms with Crippen LogP contribution in [-0.2, 0) is 101 Å². The summed E-state index contributed by atoms with van der Waals surface area (Å²) in [7, 11) is 6.12. The molecule has 8 aromatic rings. The second-order valence-electron chi connectivity index (χ2n) is 31.2. The Morgan fingerprint density at radius 1 is 0.203 bits per heavy atom. The molecule has 0 bridgehead atoms. The number of benzene rings is 8. The van der Waals surface area contributed by atoms with Gasteiger partial charge in [-0.1, -0.05) is 0 Å². The summed E-state index contributed by atoms with van der Waals surface area (Å²) in [6.45, 7) is 10.1. The largest absolute Gasteiger partial charge is 0.497 e. The smallest absolute Gasteiger partial charge is 0.168 e. The average Bonchev–Trinajstić information content (AvgIpc) is 0.818. The van der Waals surface area contributed by atoms with Crippen molar-refractivity contribution in [3.8, 4) is 69.0 Å². The maximum Gasteiger partial charge on any atom is 0.168 e. The summed E-state index contributed by atoms with van der Waals surface area (Å²) in [6.07, 6.45) is 3.01. The van der Waals surface area contributed by atoms with Crippen molar-refractivity contribution < 1.29 is 178 Å². The predicted octanol–water partition coefficient (Wildman–Crippen LogP) is 13.1. The van der Waals surface area contributed by atoms with Gasteiger partial charge in [0.05, 0.1) is 174 Å². The number of rotatable bonds is 78. The van der Waals surface area contributed by atoms with E-state index in [2.05, 4.69) is 0 Å². The first kappa shape index (κ1) is 108. The van der Waals surface area contributed by atoms with Crippen LogP contribution in [0.5, 0.6) is 69.0 Å². The minimum Gasteiger partial charge on any atom is -0.497 e. The van der Waals surface area contributed by atoms with Gasteiger partial charge >= 0.3 is 0 Å². The number of ether oxygens (including phenoxy) is 21.